The first-order valence-electron chi connectivity index (χ1n) is 9.72. The van der Waals surface area contributed by atoms with Crippen molar-refractivity contribution in [3.05, 3.63) is 42.7 Å². The number of alkyl halides is 3. The molecule has 2 aromatic heterocycles. The van der Waals surface area contributed by atoms with E-state index in [1.807, 2.05) is 6.07 Å². The van der Waals surface area contributed by atoms with Crippen molar-refractivity contribution in [2.75, 3.05) is 44.7 Å². The molecule has 1 saturated heterocycles. The Bertz CT molecular complexity index is 986. The fourth-order valence-electron chi connectivity index (χ4n) is 3.43. The Morgan fingerprint density at radius 1 is 1.17 bits per heavy atom. The van der Waals surface area contributed by atoms with Crippen molar-refractivity contribution in [2.24, 2.45) is 0 Å². The summed E-state index contributed by atoms with van der Waals surface area (Å²) >= 11 is 0. The van der Waals surface area contributed by atoms with Gasteiger partial charge in [-0.1, -0.05) is 12.1 Å². The lowest BCUT2D eigenvalue weighted by Gasteiger charge is -2.26. The van der Waals surface area contributed by atoms with E-state index < -0.39 is 6.36 Å². The third-order valence-corrected chi connectivity index (χ3v) is 4.84. The van der Waals surface area contributed by atoms with Crippen LogP contribution >= 0.6 is 0 Å². The second-order valence-corrected chi connectivity index (χ2v) is 6.93. The number of ether oxygens (including phenoxy) is 2. The molecule has 0 aliphatic carbocycles. The molecule has 1 N–H and O–H groups in total. The van der Waals surface area contributed by atoms with Crippen LogP contribution in [0.3, 0.4) is 0 Å². The summed E-state index contributed by atoms with van der Waals surface area (Å²) < 4.78 is 48.6. The second-order valence-electron chi connectivity index (χ2n) is 6.93. The van der Waals surface area contributed by atoms with Gasteiger partial charge < -0.3 is 14.8 Å². The van der Waals surface area contributed by atoms with Gasteiger partial charge in [0.2, 0.25) is 0 Å². The summed E-state index contributed by atoms with van der Waals surface area (Å²) in [5.74, 6) is 0.493. The topological polar surface area (TPSA) is 63.9 Å². The zero-order valence-corrected chi connectivity index (χ0v) is 16.2. The van der Waals surface area contributed by atoms with Gasteiger partial charge in [-0.05, 0) is 36.7 Å². The average molecular weight is 421 g/mol. The smallest absolute Gasteiger partial charge is 0.406 e. The third-order valence-electron chi connectivity index (χ3n) is 4.84. The van der Waals surface area contributed by atoms with E-state index in [-0.39, 0.29) is 5.75 Å². The number of anilines is 1. The molecular formula is C20H22F3N5O2. The molecule has 0 bridgehead atoms. The van der Waals surface area contributed by atoms with E-state index in [1.54, 1.807) is 23.0 Å². The molecule has 4 rings (SSSR count). The fraction of sp³-hybridized carbons (Fsp3) is 0.400. The number of hydrogen-bond acceptors (Lipinski definition) is 6. The molecule has 0 atom stereocenters. The molecule has 1 aliphatic rings. The van der Waals surface area contributed by atoms with Gasteiger partial charge >= 0.3 is 6.36 Å². The summed E-state index contributed by atoms with van der Waals surface area (Å²) in [5.41, 5.74) is 1.72. The number of rotatable bonds is 7. The summed E-state index contributed by atoms with van der Waals surface area (Å²) in [7, 11) is 0. The van der Waals surface area contributed by atoms with Gasteiger partial charge in [-0.2, -0.15) is 9.61 Å². The normalized spacial score (nSPS) is 15.4. The molecule has 3 heterocycles. The Labute approximate surface area is 171 Å². The molecule has 7 nitrogen and oxygen atoms in total. The highest BCUT2D eigenvalue weighted by atomic mass is 19.4. The monoisotopic (exact) mass is 421 g/mol. The Balaban J connectivity index is 1.46. The number of nitrogens with one attached hydrogen (secondary N) is 1. The molecule has 0 unspecified atom stereocenters. The molecule has 3 aromatic rings. The highest BCUT2D eigenvalue weighted by molar-refractivity contribution is 5.78. The van der Waals surface area contributed by atoms with E-state index in [0.29, 0.717) is 16.8 Å². The number of benzene rings is 1. The van der Waals surface area contributed by atoms with E-state index in [1.165, 1.54) is 18.2 Å². The van der Waals surface area contributed by atoms with Crippen LogP contribution in [-0.2, 0) is 4.74 Å². The molecule has 30 heavy (non-hydrogen) atoms. The van der Waals surface area contributed by atoms with Crippen LogP contribution in [0.4, 0.5) is 19.0 Å². The molecule has 10 heteroatoms. The lowest BCUT2D eigenvalue weighted by atomic mass is 10.1. The zero-order chi connectivity index (χ0) is 21.0. The molecule has 1 fully saturated rings. The molecule has 0 saturated carbocycles. The van der Waals surface area contributed by atoms with Crippen LogP contribution in [0, 0.1) is 0 Å². The minimum Gasteiger partial charge on any atom is -0.406 e. The lowest BCUT2D eigenvalue weighted by Crippen LogP contribution is -2.37. The summed E-state index contributed by atoms with van der Waals surface area (Å²) in [6, 6.07) is 7.62. The van der Waals surface area contributed by atoms with Crippen molar-refractivity contribution in [2.45, 2.75) is 12.8 Å². The van der Waals surface area contributed by atoms with Crippen LogP contribution in [0.2, 0.25) is 0 Å². The van der Waals surface area contributed by atoms with Gasteiger partial charge in [-0.15, -0.1) is 13.2 Å². The van der Waals surface area contributed by atoms with Crippen LogP contribution in [0.25, 0.3) is 16.8 Å². The maximum absolute atomic E-state index is 12.5. The van der Waals surface area contributed by atoms with Crippen LogP contribution in [0.15, 0.2) is 42.7 Å². The van der Waals surface area contributed by atoms with Crippen molar-refractivity contribution in [3.63, 3.8) is 0 Å². The molecule has 0 spiro atoms. The minimum atomic E-state index is -4.74. The summed E-state index contributed by atoms with van der Waals surface area (Å²) in [4.78, 5) is 6.73. The van der Waals surface area contributed by atoms with E-state index in [4.69, 9.17) is 4.74 Å². The van der Waals surface area contributed by atoms with Gasteiger partial charge in [-0.3, -0.25) is 4.90 Å². The Hall–Kier alpha value is -2.85. The predicted molar refractivity (Wildman–Crippen MR) is 105 cm³/mol. The average Bonchev–Trinajstić information content (AvgIpc) is 3.16. The minimum absolute atomic E-state index is 0.281. The number of morpholine rings is 1. The Kier molecular flexibility index (Phi) is 6.05. The Morgan fingerprint density at radius 3 is 2.80 bits per heavy atom. The van der Waals surface area contributed by atoms with Gasteiger partial charge in [0.15, 0.2) is 5.65 Å². The van der Waals surface area contributed by atoms with Gasteiger partial charge in [-0.25, -0.2) is 4.98 Å². The molecule has 1 aliphatic heterocycles. The molecule has 0 radical (unpaired) electrons. The van der Waals surface area contributed by atoms with Crippen LogP contribution in [-0.4, -0.2) is 65.3 Å². The van der Waals surface area contributed by atoms with Crippen molar-refractivity contribution in [3.8, 4) is 16.9 Å². The number of aromatic nitrogens is 3. The van der Waals surface area contributed by atoms with Gasteiger partial charge in [0.05, 0.1) is 19.4 Å². The van der Waals surface area contributed by atoms with E-state index in [2.05, 4.69) is 25.0 Å². The third kappa shape index (κ3) is 5.00. The Morgan fingerprint density at radius 2 is 2.00 bits per heavy atom. The summed E-state index contributed by atoms with van der Waals surface area (Å²) in [6.07, 6.45) is -0.528. The van der Waals surface area contributed by atoms with Crippen LogP contribution in [0.5, 0.6) is 5.75 Å². The van der Waals surface area contributed by atoms with E-state index in [0.717, 1.165) is 51.6 Å². The molecule has 1 aromatic carbocycles. The van der Waals surface area contributed by atoms with Gasteiger partial charge in [0.25, 0.3) is 0 Å². The number of fused-ring (bicyclic) bond motifs is 1. The molecular weight excluding hydrogens is 399 g/mol. The second kappa shape index (κ2) is 8.88. The highest BCUT2D eigenvalue weighted by Crippen LogP contribution is 2.30. The highest BCUT2D eigenvalue weighted by Gasteiger charge is 2.31. The fourth-order valence-corrected chi connectivity index (χ4v) is 3.43. The quantitative estimate of drug-likeness (QED) is 0.590. The maximum Gasteiger partial charge on any atom is 0.573 e. The first-order chi connectivity index (χ1) is 14.5. The first-order valence-corrected chi connectivity index (χ1v) is 9.72. The first kappa shape index (κ1) is 20.4. The SMILES string of the molecule is FC(F)(F)Oc1cccc(-c2cnn3c(NCCCN4CCOCC4)ccnc23)c1. The van der Waals surface area contributed by atoms with Gasteiger partial charge in [0, 0.05) is 31.4 Å². The maximum atomic E-state index is 12.5. The predicted octanol–water partition coefficient (Wildman–Crippen LogP) is 3.43. The van der Waals surface area contributed by atoms with Gasteiger partial charge in [0.1, 0.15) is 11.6 Å². The van der Waals surface area contributed by atoms with Crippen molar-refractivity contribution < 1.29 is 22.6 Å². The number of hydrogen-bond donors (Lipinski definition) is 1. The van der Waals surface area contributed by atoms with Crippen molar-refractivity contribution in [1.29, 1.82) is 0 Å². The largest absolute Gasteiger partial charge is 0.573 e. The molecule has 160 valence electrons. The summed E-state index contributed by atoms with van der Waals surface area (Å²) in [6.45, 7) is 5.23. The van der Waals surface area contributed by atoms with E-state index in [9.17, 15) is 13.2 Å². The zero-order valence-electron chi connectivity index (χ0n) is 16.2. The molecule has 0 amide bonds. The number of halogens is 3. The van der Waals surface area contributed by atoms with Crippen LogP contribution in [0.1, 0.15) is 6.42 Å². The van der Waals surface area contributed by atoms with E-state index >= 15 is 0 Å². The van der Waals surface area contributed by atoms with Crippen LogP contribution < -0.4 is 10.1 Å². The standard InChI is InChI=1S/C20H22F3N5O2/c21-20(22,23)30-16-4-1-3-15(13-16)17-14-26-28-18(5-7-25-19(17)28)24-6-2-8-27-9-11-29-12-10-27/h1,3-5,7,13-14,24H,2,6,8-12H2. The summed E-state index contributed by atoms with van der Waals surface area (Å²) in [5, 5.41) is 7.73. The number of nitrogens with zero attached hydrogens (tertiary/aromatic N) is 4. The van der Waals surface area contributed by atoms with Crippen molar-refractivity contribution >= 4 is 11.5 Å². The lowest BCUT2D eigenvalue weighted by molar-refractivity contribution is -0.274. The van der Waals surface area contributed by atoms with Crippen molar-refractivity contribution in [1.82, 2.24) is 19.5 Å².